The number of benzene rings is 1. The lowest BCUT2D eigenvalue weighted by atomic mass is 10.0. The summed E-state index contributed by atoms with van der Waals surface area (Å²) in [6.07, 6.45) is 6.35. The molecule has 7 heteroatoms. The van der Waals surface area contributed by atoms with Gasteiger partial charge in [-0.15, -0.1) is 0 Å². The number of unbranched alkanes of at least 4 members (excludes halogenated alkanes) is 1. The molecule has 1 amide bonds. The molecule has 0 radical (unpaired) electrons. The first kappa shape index (κ1) is 20.9. The number of nitrogens with zero attached hydrogens (tertiary/aromatic N) is 1. The molecule has 7 nitrogen and oxygen atoms in total. The first-order chi connectivity index (χ1) is 15.1. The van der Waals surface area contributed by atoms with E-state index in [0.29, 0.717) is 12.0 Å². The number of anilines is 1. The summed E-state index contributed by atoms with van der Waals surface area (Å²) in [5, 5.41) is 16.4. The van der Waals surface area contributed by atoms with Crippen molar-refractivity contribution in [1.82, 2.24) is 10.3 Å². The van der Waals surface area contributed by atoms with Crippen LogP contribution in [0.25, 0.3) is 11.0 Å². The number of carbonyl (C=O) groups is 2. The Hall–Kier alpha value is -3.35. The molecular weight excluding hydrogens is 394 g/mol. The van der Waals surface area contributed by atoms with E-state index in [4.69, 9.17) is 4.42 Å². The van der Waals surface area contributed by atoms with Crippen LogP contribution in [-0.4, -0.2) is 28.5 Å². The molecule has 0 saturated carbocycles. The average molecular weight is 421 g/mol. The van der Waals surface area contributed by atoms with Gasteiger partial charge in [-0.25, -0.2) is 4.98 Å². The summed E-state index contributed by atoms with van der Waals surface area (Å²) < 4.78 is 5.40. The van der Waals surface area contributed by atoms with Gasteiger partial charge in [0.25, 0.3) is 0 Å². The third-order valence-corrected chi connectivity index (χ3v) is 5.64. The van der Waals surface area contributed by atoms with E-state index < -0.39 is 12.0 Å². The molecule has 1 aromatic carbocycles. The van der Waals surface area contributed by atoms with Crippen LogP contribution in [0.3, 0.4) is 0 Å². The zero-order chi connectivity index (χ0) is 21.6. The number of fused-ring (bicyclic) bond motifs is 2. The van der Waals surface area contributed by atoms with Crippen LogP contribution >= 0.6 is 0 Å². The average Bonchev–Trinajstić information content (AvgIpc) is 3.24. The van der Waals surface area contributed by atoms with Gasteiger partial charge in [-0.1, -0.05) is 18.2 Å². The van der Waals surface area contributed by atoms with Gasteiger partial charge in [0.2, 0.25) is 5.91 Å². The number of hydrogen-bond acceptors (Lipinski definition) is 5. The SMILES string of the molecule is O=C(O)CC(NC(=O)CCCCc1ccc2c(n1)NCCC2)c1ccc2ccoc2c1. The van der Waals surface area contributed by atoms with Crippen LogP contribution in [0.1, 0.15) is 55.0 Å². The van der Waals surface area contributed by atoms with E-state index in [1.54, 1.807) is 12.3 Å². The molecule has 3 heterocycles. The molecular formula is C24H27N3O4. The van der Waals surface area contributed by atoms with Crippen molar-refractivity contribution in [3.63, 3.8) is 0 Å². The van der Waals surface area contributed by atoms with E-state index in [1.807, 2.05) is 18.2 Å². The minimum absolute atomic E-state index is 0.147. The summed E-state index contributed by atoms with van der Waals surface area (Å²) in [7, 11) is 0. The maximum absolute atomic E-state index is 12.5. The molecule has 1 atom stereocenters. The Morgan fingerprint density at radius 1 is 1.19 bits per heavy atom. The second-order valence-electron chi connectivity index (χ2n) is 7.98. The number of aromatic nitrogens is 1. The van der Waals surface area contributed by atoms with E-state index in [0.717, 1.165) is 61.1 Å². The topological polar surface area (TPSA) is 104 Å². The van der Waals surface area contributed by atoms with Crippen molar-refractivity contribution in [2.45, 2.75) is 51.0 Å². The molecule has 31 heavy (non-hydrogen) atoms. The fourth-order valence-electron chi connectivity index (χ4n) is 3.98. The van der Waals surface area contributed by atoms with Crippen molar-refractivity contribution in [1.29, 1.82) is 0 Å². The Labute approximate surface area is 180 Å². The number of hydrogen-bond donors (Lipinski definition) is 3. The highest BCUT2D eigenvalue weighted by molar-refractivity contribution is 5.80. The van der Waals surface area contributed by atoms with Crippen LogP contribution in [0.4, 0.5) is 5.82 Å². The van der Waals surface area contributed by atoms with Crippen LogP contribution in [0, 0.1) is 0 Å². The predicted molar refractivity (Wildman–Crippen MR) is 118 cm³/mol. The summed E-state index contributed by atoms with van der Waals surface area (Å²) in [6.45, 7) is 0.966. The summed E-state index contributed by atoms with van der Waals surface area (Å²) in [5.74, 6) is -0.116. The number of pyridine rings is 1. The predicted octanol–water partition coefficient (Wildman–Crippen LogP) is 4.23. The number of aliphatic carboxylic acids is 1. The summed E-state index contributed by atoms with van der Waals surface area (Å²) in [6, 6.07) is 11.0. The molecule has 0 spiro atoms. The Morgan fingerprint density at radius 3 is 2.97 bits per heavy atom. The van der Waals surface area contributed by atoms with Gasteiger partial charge >= 0.3 is 5.97 Å². The number of carboxylic acid groups (broad SMARTS) is 1. The fraction of sp³-hybridized carbons (Fsp3) is 0.375. The van der Waals surface area contributed by atoms with Gasteiger partial charge in [0.15, 0.2) is 0 Å². The number of nitrogens with one attached hydrogen (secondary N) is 2. The van der Waals surface area contributed by atoms with Gasteiger partial charge in [-0.2, -0.15) is 0 Å². The number of carboxylic acids is 1. The van der Waals surface area contributed by atoms with E-state index in [1.165, 1.54) is 5.56 Å². The van der Waals surface area contributed by atoms with Crippen molar-refractivity contribution in [3.05, 3.63) is 59.5 Å². The molecule has 0 saturated heterocycles. The zero-order valence-corrected chi connectivity index (χ0v) is 17.4. The van der Waals surface area contributed by atoms with Crippen molar-refractivity contribution in [3.8, 4) is 0 Å². The molecule has 1 unspecified atom stereocenters. The largest absolute Gasteiger partial charge is 0.481 e. The number of amides is 1. The van der Waals surface area contributed by atoms with Crippen molar-refractivity contribution in [2.75, 3.05) is 11.9 Å². The molecule has 0 bridgehead atoms. The maximum Gasteiger partial charge on any atom is 0.305 e. The van der Waals surface area contributed by atoms with Crippen LogP contribution in [0.2, 0.25) is 0 Å². The van der Waals surface area contributed by atoms with Crippen LogP contribution < -0.4 is 10.6 Å². The summed E-state index contributed by atoms with van der Waals surface area (Å²) >= 11 is 0. The number of carbonyl (C=O) groups excluding carboxylic acids is 1. The van der Waals surface area contributed by atoms with Crippen LogP contribution in [0.15, 0.2) is 47.1 Å². The molecule has 0 fully saturated rings. The Morgan fingerprint density at radius 2 is 2.10 bits per heavy atom. The molecule has 0 aliphatic carbocycles. The highest BCUT2D eigenvalue weighted by Crippen LogP contribution is 2.24. The van der Waals surface area contributed by atoms with Gasteiger partial charge in [-0.3, -0.25) is 9.59 Å². The quantitative estimate of drug-likeness (QED) is 0.447. The zero-order valence-electron chi connectivity index (χ0n) is 17.4. The molecule has 4 rings (SSSR count). The summed E-state index contributed by atoms with van der Waals surface area (Å²) in [4.78, 5) is 28.5. The fourth-order valence-corrected chi connectivity index (χ4v) is 3.98. The van der Waals surface area contributed by atoms with Crippen LogP contribution in [-0.2, 0) is 22.4 Å². The smallest absolute Gasteiger partial charge is 0.305 e. The molecule has 2 aromatic heterocycles. The van der Waals surface area contributed by atoms with Gasteiger partial charge in [-0.05, 0) is 61.4 Å². The maximum atomic E-state index is 12.5. The lowest BCUT2D eigenvalue weighted by Crippen LogP contribution is -2.30. The Bertz CT molecular complexity index is 1080. The standard InChI is InChI=1S/C24H27N3O4/c28-22(6-2-1-5-19-10-9-17-4-3-12-25-24(17)26-19)27-20(15-23(29)30)18-8-7-16-11-13-31-21(16)14-18/h7-11,13-14,20H,1-6,12,15H2,(H,25,26)(H,27,28)(H,29,30). The molecule has 1 aliphatic heterocycles. The Balaban J connectivity index is 1.29. The van der Waals surface area contributed by atoms with Crippen molar-refractivity contribution in [2.24, 2.45) is 0 Å². The minimum Gasteiger partial charge on any atom is -0.481 e. The van der Waals surface area contributed by atoms with Gasteiger partial charge in [0, 0.05) is 24.0 Å². The highest BCUT2D eigenvalue weighted by Gasteiger charge is 2.19. The van der Waals surface area contributed by atoms with Crippen molar-refractivity contribution >= 4 is 28.7 Å². The number of rotatable bonds is 9. The number of aryl methyl sites for hydroxylation is 2. The van der Waals surface area contributed by atoms with E-state index in [-0.39, 0.29) is 12.3 Å². The monoisotopic (exact) mass is 421 g/mol. The summed E-state index contributed by atoms with van der Waals surface area (Å²) in [5.41, 5.74) is 3.70. The first-order valence-electron chi connectivity index (χ1n) is 10.8. The molecule has 3 N–H and O–H groups in total. The van der Waals surface area contributed by atoms with E-state index in [9.17, 15) is 14.7 Å². The molecule has 1 aliphatic rings. The van der Waals surface area contributed by atoms with Gasteiger partial charge < -0.3 is 20.2 Å². The Kier molecular flexibility index (Phi) is 6.50. The van der Waals surface area contributed by atoms with Gasteiger partial charge in [0.1, 0.15) is 11.4 Å². The number of furan rings is 1. The third kappa shape index (κ3) is 5.42. The second-order valence-corrected chi connectivity index (χ2v) is 7.98. The van der Waals surface area contributed by atoms with Gasteiger partial charge in [0.05, 0.1) is 18.7 Å². The highest BCUT2D eigenvalue weighted by atomic mass is 16.4. The third-order valence-electron chi connectivity index (χ3n) is 5.64. The van der Waals surface area contributed by atoms with Crippen molar-refractivity contribution < 1.29 is 19.1 Å². The second kappa shape index (κ2) is 9.64. The van der Waals surface area contributed by atoms with E-state index in [2.05, 4.69) is 27.8 Å². The molecule has 162 valence electrons. The van der Waals surface area contributed by atoms with Crippen LogP contribution in [0.5, 0.6) is 0 Å². The minimum atomic E-state index is -0.961. The lowest BCUT2D eigenvalue weighted by Gasteiger charge is -2.18. The van der Waals surface area contributed by atoms with E-state index >= 15 is 0 Å². The normalized spacial score (nSPS) is 13.9. The first-order valence-corrected chi connectivity index (χ1v) is 10.8. The lowest BCUT2D eigenvalue weighted by molar-refractivity contribution is -0.137. The molecule has 3 aromatic rings.